The lowest BCUT2D eigenvalue weighted by molar-refractivity contribution is 0.244. The monoisotopic (exact) mass is 453 g/mol. The number of benzene rings is 1. The van der Waals surface area contributed by atoms with Gasteiger partial charge in [0.15, 0.2) is 5.66 Å². The molecule has 0 spiro atoms. The number of allylic oxidation sites excluding steroid dienone is 1. The van der Waals surface area contributed by atoms with E-state index in [9.17, 15) is 9.50 Å². The number of halogens is 1. The highest BCUT2D eigenvalue weighted by Crippen LogP contribution is 2.33. The second-order valence-electron chi connectivity index (χ2n) is 7.60. The highest BCUT2D eigenvalue weighted by atomic mass is 32.2. The molecule has 0 radical (unpaired) electrons. The van der Waals surface area contributed by atoms with Gasteiger partial charge in [0.2, 0.25) is 0 Å². The van der Waals surface area contributed by atoms with Gasteiger partial charge in [0.25, 0.3) is 0 Å². The van der Waals surface area contributed by atoms with Gasteiger partial charge in [-0.2, -0.15) is 0 Å². The van der Waals surface area contributed by atoms with Crippen LogP contribution in [0.15, 0.2) is 74.7 Å². The second-order valence-corrected chi connectivity index (χ2v) is 8.71. The van der Waals surface area contributed by atoms with Gasteiger partial charge in [-0.15, -0.1) is 0 Å². The predicted octanol–water partition coefficient (Wildman–Crippen LogP) is 5.16. The van der Waals surface area contributed by atoms with Gasteiger partial charge in [0.1, 0.15) is 5.82 Å². The number of amidine groups is 1. The van der Waals surface area contributed by atoms with E-state index in [2.05, 4.69) is 15.0 Å². The van der Waals surface area contributed by atoms with Crippen LogP contribution in [-0.2, 0) is 5.66 Å². The molecule has 6 nitrogen and oxygen atoms in total. The number of fused-ring (bicyclic) bond motifs is 1. The third-order valence-corrected chi connectivity index (χ3v) is 5.78. The molecule has 2 heterocycles. The van der Waals surface area contributed by atoms with Gasteiger partial charge in [-0.1, -0.05) is 30.8 Å². The maximum absolute atomic E-state index is 13.5. The SMILES string of the molecule is CCC/C(N)=N\C(C)(/N=C\C(=C/C(C)O)Sc1ccnc2cc[nH]c12)c1ccc(F)cc1. The summed E-state index contributed by atoms with van der Waals surface area (Å²) in [5.41, 5.74) is 7.58. The molecule has 1 aromatic carbocycles. The van der Waals surface area contributed by atoms with Crippen LogP contribution in [0.2, 0.25) is 0 Å². The molecule has 32 heavy (non-hydrogen) atoms. The third kappa shape index (κ3) is 6.05. The van der Waals surface area contributed by atoms with Crippen molar-refractivity contribution >= 4 is 34.8 Å². The number of hydrogen-bond donors (Lipinski definition) is 3. The van der Waals surface area contributed by atoms with Crippen molar-refractivity contribution in [1.82, 2.24) is 9.97 Å². The molecule has 3 aromatic rings. The predicted molar refractivity (Wildman–Crippen MR) is 130 cm³/mol. The molecule has 0 aliphatic heterocycles. The maximum atomic E-state index is 13.5. The van der Waals surface area contributed by atoms with E-state index in [1.165, 1.54) is 23.9 Å². The van der Waals surface area contributed by atoms with Crippen molar-refractivity contribution in [2.75, 3.05) is 0 Å². The van der Waals surface area contributed by atoms with E-state index in [-0.39, 0.29) is 5.82 Å². The van der Waals surface area contributed by atoms with E-state index >= 15 is 0 Å². The Morgan fingerprint density at radius 1 is 1.31 bits per heavy atom. The molecule has 0 amide bonds. The van der Waals surface area contributed by atoms with E-state index in [0.29, 0.717) is 17.8 Å². The fraction of sp³-hybridized carbons (Fsp3) is 0.292. The van der Waals surface area contributed by atoms with Crippen molar-refractivity contribution in [2.45, 2.75) is 50.3 Å². The van der Waals surface area contributed by atoms with Crippen molar-refractivity contribution in [3.05, 3.63) is 71.2 Å². The molecule has 3 rings (SSSR count). The van der Waals surface area contributed by atoms with Crippen LogP contribution < -0.4 is 5.73 Å². The van der Waals surface area contributed by atoms with Crippen LogP contribution in [0.25, 0.3) is 11.0 Å². The van der Waals surface area contributed by atoms with Gasteiger partial charge in [-0.05, 0) is 50.6 Å². The Morgan fingerprint density at radius 2 is 2.06 bits per heavy atom. The Kier molecular flexibility index (Phi) is 7.82. The summed E-state index contributed by atoms with van der Waals surface area (Å²) in [6.45, 7) is 5.54. The van der Waals surface area contributed by atoms with E-state index < -0.39 is 11.8 Å². The first-order valence-corrected chi connectivity index (χ1v) is 11.3. The summed E-state index contributed by atoms with van der Waals surface area (Å²) in [7, 11) is 0. The number of thioether (sulfide) groups is 1. The van der Waals surface area contributed by atoms with Crippen LogP contribution in [-0.4, -0.2) is 33.2 Å². The highest BCUT2D eigenvalue weighted by Gasteiger charge is 2.25. The van der Waals surface area contributed by atoms with E-state index in [1.807, 2.05) is 32.2 Å². The Bertz CT molecular complexity index is 1140. The molecule has 0 fully saturated rings. The molecular formula is C24H28FN5OS. The molecule has 2 aromatic heterocycles. The number of aromatic amines is 1. The van der Waals surface area contributed by atoms with Gasteiger partial charge in [-0.3, -0.25) is 9.98 Å². The number of nitrogens with two attached hydrogens (primary N) is 1. The zero-order valence-electron chi connectivity index (χ0n) is 18.4. The molecule has 0 aliphatic carbocycles. The molecule has 0 aliphatic rings. The summed E-state index contributed by atoms with van der Waals surface area (Å²) in [4.78, 5) is 18.6. The third-order valence-electron chi connectivity index (χ3n) is 4.75. The van der Waals surface area contributed by atoms with Crippen LogP contribution in [0, 0.1) is 5.82 Å². The number of rotatable bonds is 9. The number of aliphatic imine (C=N–C) groups is 2. The molecule has 168 valence electrons. The van der Waals surface area contributed by atoms with Crippen LogP contribution >= 0.6 is 11.8 Å². The first kappa shape index (κ1) is 23.7. The first-order valence-electron chi connectivity index (χ1n) is 10.5. The smallest absolute Gasteiger partial charge is 0.174 e. The van der Waals surface area contributed by atoms with Crippen LogP contribution in [0.5, 0.6) is 0 Å². The summed E-state index contributed by atoms with van der Waals surface area (Å²) >= 11 is 1.46. The molecule has 4 N–H and O–H groups in total. The minimum atomic E-state index is -1.04. The molecule has 0 saturated heterocycles. The molecular weight excluding hydrogens is 425 g/mol. The zero-order valence-corrected chi connectivity index (χ0v) is 19.2. The lowest BCUT2D eigenvalue weighted by Crippen LogP contribution is -2.23. The quantitative estimate of drug-likeness (QED) is 0.237. The molecule has 0 saturated carbocycles. The largest absolute Gasteiger partial charge is 0.389 e. The van der Waals surface area contributed by atoms with Crippen molar-refractivity contribution < 1.29 is 9.50 Å². The zero-order chi connectivity index (χ0) is 23.1. The molecule has 8 heteroatoms. The Morgan fingerprint density at radius 3 is 2.75 bits per heavy atom. The lowest BCUT2D eigenvalue weighted by Gasteiger charge is -2.22. The number of hydrogen-bond acceptors (Lipinski definition) is 5. The molecule has 0 bridgehead atoms. The Balaban J connectivity index is 1.99. The summed E-state index contributed by atoms with van der Waals surface area (Å²) in [5, 5.41) is 10.0. The van der Waals surface area contributed by atoms with Crippen LogP contribution in [0.1, 0.15) is 39.2 Å². The van der Waals surface area contributed by atoms with Gasteiger partial charge >= 0.3 is 0 Å². The standard InChI is InChI=1S/C24H28FN5OS/c1-4-5-22(26)30-24(3,17-6-8-18(25)9-7-17)29-15-19(14-16(2)31)32-21-11-13-27-20-10-12-28-23(20)21/h6-16,28,31H,4-5H2,1-3H3,(H2,26,30)/b19-14+,29-15-. The van der Waals surface area contributed by atoms with E-state index in [4.69, 9.17) is 10.7 Å². The Hall–Kier alpha value is -2.97. The number of aliphatic hydroxyl groups excluding tert-OH is 1. The van der Waals surface area contributed by atoms with E-state index in [1.54, 1.807) is 37.5 Å². The minimum Gasteiger partial charge on any atom is -0.389 e. The number of nitrogens with zero attached hydrogens (tertiary/aromatic N) is 3. The number of aromatic nitrogens is 2. The van der Waals surface area contributed by atoms with Gasteiger partial charge in [-0.25, -0.2) is 9.38 Å². The summed E-state index contributed by atoms with van der Waals surface area (Å²) < 4.78 is 13.5. The van der Waals surface area contributed by atoms with Crippen LogP contribution in [0.4, 0.5) is 4.39 Å². The first-order chi connectivity index (χ1) is 15.3. The average molecular weight is 454 g/mol. The number of pyridine rings is 1. The average Bonchev–Trinajstić information content (AvgIpc) is 3.22. The molecule has 2 atom stereocenters. The fourth-order valence-electron chi connectivity index (χ4n) is 3.20. The van der Waals surface area contributed by atoms with Crippen molar-refractivity contribution in [3.63, 3.8) is 0 Å². The van der Waals surface area contributed by atoms with Gasteiger partial charge in [0, 0.05) is 40.4 Å². The minimum absolute atomic E-state index is 0.330. The summed E-state index contributed by atoms with van der Waals surface area (Å²) in [5.74, 6) is 0.149. The normalized spacial score (nSPS) is 15.9. The topological polar surface area (TPSA) is 99.7 Å². The van der Waals surface area contributed by atoms with Crippen molar-refractivity contribution in [2.24, 2.45) is 15.7 Å². The van der Waals surface area contributed by atoms with Gasteiger partial charge < -0.3 is 15.8 Å². The van der Waals surface area contributed by atoms with E-state index in [0.717, 1.165) is 27.3 Å². The number of aliphatic hydroxyl groups is 1. The van der Waals surface area contributed by atoms with Crippen molar-refractivity contribution in [1.29, 1.82) is 0 Å². The highest BCUT2D eigenvalue weighted by molar-refractivity contribution is 8.04. The number of nitrogens with one attached hydrogen (secondary N) is 1. The Labute approximate surface area is 191 Å². The molecule has 2 unspecified atom stereocenters. The second kappa shape index (κ2) is 10.6. The lowest BCUT2D eigenvalue weighted by atomic mass is 10.0. The summed E-state index contributed by atoms with van der Waals surface area (Å²) in [6.07, 6.45) is 7.80. The van der Waals surface area contributed by atoms with Crippen molar-refractivity contribution in [3.8, 4) is 0 Å². The maximum Gasteiger partial charge on any atom is 0.174 e. The van der Waals surface area contributed by atoms with Crippen LogP contribution in [0.3, 0.4) is 0 Å². The van der Waals surface area contributed by atoms with Gasteiger partial charge in [0.05, 0.1) is 23.0 Å². The summed E-state index contributed by atoms with van der Waals surface area (Å²) in [6, 6.07) is 9.90. The fourth-order valence-corrected chi connectivity index (χ4v) is 4.22. The number of H-pyrrole nitrogens is 1.